The average Bonchev–Trinajstić information content (AvgIpc) is 2.53. The van der Waals surface area contributed by atoms with Crippen LogP contribution >= 0.6 is 15.9 Å². The molecule has 1 fully saturated rings. The van der Waals surface area contributed by atoms with Crippen LogP contribution in [0.15, 0.2) is 0 Å². The molecule has 1 aliphatic heterocycles. The normalized spacial score (nSPS) is 23.2. The Hall–Kier alpha value is 0.400. The fraction of sp³-hybridized carbons (Fsp3) is 1.00. The number of rotatable bonds is 7. The van der Waals surface area contributed by atoms with Crippen molar-refractivity contribution in [2.45, 2.75) is 51.5 Å². The van der Waals surface area contributed by atoms with Gasteiger partial charge in [-0.2, -0.15) is 0 Å². The molecule has 0 aliphatic carbocycles. The lowest BCUT2D eigenvalue weighted by Crippen LogP contribution is -2.38. The Morgan fingerprint density at radius 1 is 1.25 bits per heavy atom. The maximum atomic E-state index is 5.65. The van der Waals surface area contributed by atoms with Gasteiger partial charge in [-0.05, 0) is 25.8 Å². The number of hydrogen-bond acceptors (Lipinski definition) is 2. The van der Waals surface area contributed by atoms with E-state index in [0.29, 0.717) is 0 Å². The van der Waals surface area contributed by atoms with Crippen LogP contribution in [0.5, 0.6) is 0 Å². The zero-order chi connectivity index (χ0) is 11.6. The molecule has 0 N–H and O–H groups in total. The number of nitrogens with zero attached hydrogens (tertiary/aromatic N) is 1. The van der Waals surface area contributed by atoms with E-state index in [2.05, 4.69) is 27.8 Å². The van der Waals surface area contributed by atoms with Crippen LogP contribution in [0.3, 0.4) is 0 Å². The van der Waals surface area contributed by atoms with Crippen molar-refractivity contribution in [1.29, 1.82) is 0 Å². The van der Waals surface area contributed by atoms with Crippen molar-refractivity contribution in [3.8, 4) is 0 Å². The minimum absolute atomic E-state index is 0.734. The molecule has 16 heavy (non-hydrogen) atoms. The zero-order valence-corrected chi connectivity index (χ0v) is 12.2. The number of likely N-dealkylation sites (tertiary alicyclic amines) is 1. The van der Waals surface area contributed by atoms with Gasteiger partial charge in [0.1, 0.15) is 0 Å². The van der Waals surface area contributed by atoms with Crippen LogP contribution in [0.4, 0.5) is 0 Å². The SMILES string of the molecule is CCCCOCCN1CCCCCC1CBr. The van der Waals surface area contributed by atoms with Crippen LogP contribution in [0.25, 0.3) is 0 Å². The maximum absolute atomic E-state index is 5.65. The Bertz CT molecular complexity index is 166. The molecule has 2 nitrogen and oxygen atoms in total. The summed E-state index contributed by atoms with van der Waals surface area (Å²) < 4.78 is 5.65. The first-order chi connectivity index (χ1) is 7.88. The molecule has 1 heterocycles. The van der Waals surface area contributed by atoms with Gasteiger partial charge in [0.2, 0.25) is 0 Å². The van der Waals surface area contributed by atoms with Gasteiger partial charge >= 0.3 is 0 Å². The van der Waals surface area contributed by atoms with E-state index in [1.54, 1.807) is 0 Å². The van der Waals surface area contributed by atoms with Crippen LogP contribution in [0, 0.1) is 0 Å². The van der Waals surface area contributed by atoms with E-state index in [4.69, 9.17) is 4.74 Å². The summed E-state index contributed by atoms with van der Waals surface area (Å²) >= 11 is 3.64. The molecule has 0 aromatic heterocycles. The molecule has 1 atom stereocenters. The fourth-order valence-electron chi connectivity index (χ4n) is 2.24. The molecular weight excluding hydrogens is 266 g/mol. The van der Waals surface area contributed by atoms with Crippen molar-refractivity contribution in [2.75, 3.05) is 31.6 Å². The lowest BCUT2D eigenvalue weighted by molar-refractivity contribution is 0.0901. The van der Waals surface area contributed by atoms with Crippen LogP contribution in [0.1, 0.15) is 45.4 Å². The Kier molecular flexibility index (Phi) is 8.52. The van der Waals surface area contributed by atoms with Gasteiger partial charge in [0.25, 0.3) is 0 Å². The van der Waals surface area contributed by atoms with Gasteiger partial charge in [-0.15, -0.1) is 0 Å². The predicted octanol–water partition coefficient (Wildman–Crippen LogP) is 3.44. The van der Waals surface area contributed by atoms with E-state index in [0.717, 1.165) is 31.1 Å². The molecule has 0 aromatic carbocycles. The third-order valence-corrected chi connectivity index (χ3v) is 4.09. The largest absolute Gasteiger partial charge is 0.380 e. The number of alkyl halides is 1. The third-order valence-electron chi connectivity index (χ3n) is 3.34. The molecule has 1 saturated heterocycles. The molecule has 0 aromatic rings. The monoisotopic (exact) mass is 291 g/mol. The Balaban J connectivity index is 2.15. The second-order valence-corrected chi connectivity index (χ2v) is 5.31. The van der Waals surface area contributed by atoms with Gasteiger partial charge < -0.3 is 4.74 Å². The number of unbranched alkanes of at least 4 members (excludes halogenated alkanes) is 1. The van der Waals surface area contributed by atoms with E-state index in [9.17, 15) is 0 Å². The van der Waals surface area contributed by atoms with E-state index in [1.807, 2.05) is 0 Å². The Labute approximate surface area is 109 Å². The standard InChI is InChI=1S/C13H26BrNO/c1-2-3-10-16-11-9-15-8-6-4-5-7-13(15)12-14/h13H,2-12H2,1H3. The molecule has 0 bridgehead atoms. The van der Waals surface area contributed by atoms with E-state index in [1.165, 1.54) is 45.1 Å². The van der Waals surface area contributed by atoms with Crippen molar-refractivity contribution < 1.29 is 4.74 Å². The topological polar surface area (TPSA) is 12.5 Å². The van der Waals surface area contributed by atoms with Gasteiger partial charge in [-0.25, -0.2) is 0 Å². The number of ether oxygens (including phenoxy) is 1. The molecular formula is C13H26BrNO. The van der Waals surface area contributed by atoms with E-state index >= 15 is 0 Å². The molecule has 96 valence electrons. The summed E-state index contributed by atoms with van der Waals surface area (Å²) in [6.07, 6.45) is 7.93. The van der Waals surface area contributed by atoms with Crippen LogP contribution in [-0.4, -0.2) is 42.6 Å². The summed E-state index contributed by atoms with van der Waals surface area (Å²) in [6, 6.07) is 0.734. The van der Waals surface area contributed by atoms with Gasteiger partial charge in [-0.1, -0.05) is 42.1 Å². The first-order valence-corrected chi connectivity index (χ1v) is 7.88. The summed E-state index contributed by atoms with van der Waals surface area (Å²) in [4.78, 5) is 2.60. The smallest absolute Gasteiger partial charge is 0.0593 e. The average molecular weight is 292 g/mol. The first kappa shape index (κ1) is 14.5. The van der Waals surface area contributed by atoms with Gasteiger partial charge in [0.15, 0.2) is 0 Å². The number of halogens is 1. The van der Waals surface area contributed by atoms with Gasteiger partial charge in [-0.3, -0.25) is 4.90 Å². The van der Waals surface area contributed by atoms with Gasteiger partial charge in [0.05, 0.1) is 6.61 Å². The lowest BCUT2D eigenvalue weighted by atomic mass is 10.1. The minimum Gasteiger partial charge on any atom is -0.380 e. The molecule has 1 rings (SSSR count). The van der Waals surface area contributed by atoms with Crippen LogP contribution < -0.4 is 0 Å². The fourth-order valence-corrected chi connectivity index (χ4v) is 2.97. The van der Waals surface area contributed by atoms with Crippen LogP contribution in [-0.2, 0) is 4.74 Å². The van der Waals surface area contributed by atoms with Crippen molar-refractivity contribution >= 4 is 15.9 Å². The van der Waals surface area contributed by atoms with Crippen molar-refractivity contribution in [3.05, 3.63) is 0 Å². The molecule has 1 aliphatic rings. The Morgan fingerprint density at radius 3 is 2.88 bits per heavy atom. The highest BCUT2D eigenvalue weighted by molar-refractivity contribution is 9.09. The summed E-state index contributed by atoms with van der Waals surface area (Å²) in [7, 11) is 0. The first-order valence-electron chi connectivity index (χ1n) is 6.76. The summed E-state index contributed by atoms with van der Waals surface area (Å²) in [5.74, 6) is 0. The molecule has 0 saturated carbocycles. The quantitative estimate of drug-likeness (QED) is 0.526. The van der Waals surface area contributed by atoms with Crippen molar-refractivity contribution in [1.82, 2.24) is 4.90 Å². The Morgan fingerprint density at radius 2 is 2.12 bits per heavy atom. The zero-order valence-electron chi connectivity index (χ0n) is 10.6. The van der Waals surface area contributed by atoms with E-state index in [-0.39, 0.29) is 0 Å². The molecule has 3 heteroatoms. The second kappa shape index (κ2) is 9.43. The molecule has 1 unspecified atom stereocenters. The van der Waals surface area contributed by atoms with Gasteiger partial charge in [0, 0.05) is 24.5 Å². The van der Waals surface area contributed by atoms with E-state index < -0.39 is 0 Å². The maximum Gasteiger partial charge on any atom is 0.0593 e. The lowest BCUT2D eigenvalue weighted by Gasteiger charge is -2.28. The number of hydrogen-bond donors (Lipinski definition) is 0. The predicted molar refractivity (Wildman–Crippen MR) is 73.4 cm³/mol. The minimum atomic E-state index is 0.734. The highest BCUT2D eigenvalue weighted by Gasteiger charge is 2.19. The van der Waals surface area contributed by atoms with Crippen molar-refractivity contribution in [3.63, 3.8) is 0 Å². The summed E-state index contributed by atoms with van der Waals surface area (Å²) in [6.45, 7) is 6.42. The highest BCUT2D eigenvalue weighted by Crippen LogP contribution is 2.17. The summed E-state index contributed by atoms with van der Waals surface area (Å²) in [5.41, 5.74) is 0. The second-order valence-electron chi connectivity index (χ2n) is 4.66. The third kappa shape index (κ3) is 5.65. The van der Waals surface area contributed by atoms with Crippen LogP contribution in [0.2, 0.25) is 0 Å². The van der Waals surface area contributed by atoms with Crippen molar-refractivity contribution in [2.24, 2.45) is 0 Å². The summed E-state index contributed by atoms with van der Waals surface area (Å²) in [5, 5.41) is 1.11. The molecule has 0 amide bonds. The highest BCUT2D eigenvalue weighted by atomic mass is 79.9. The molecule has 0 spiro atoms. The molecule has 0 radical (unpaired) electrons.